The molecule has 0 unspecified atom stereocenters. The van der Waals surface area contributed by atoms with Crippen molar-refractivity contribution in [1.29, 1.82) is 0 Å². The molecule has 19 heavy (non-hydrogen) atoms. The smallest absolute Gasteiger partial charge is 0.343 e. The third-order valence-corrected chi connectivity index (χ3v) is 2.13. The molecule has 98 valence electrons. The Morgan fingerprint density at radius 3 is 2.26 bits per heavy atom. The van der Waals surface area contributed by atoms with Crippen LogP contribution in [0.2, 0.25) is 0 Å². The van der Waals surface area contributed by atoms with Crippen LogP contribution in [-0.4, -0.2) is 27.1 Å². The molecule has 0 spiro atoms. The summed E-state index contributed by atoms with van der Waals surface area (Å²) in [5.74, 6) is -3.17. The van der Waals surface area contributed by atoms with E-state index in [4.69, 9.17) is 10.2 Å². The highest BCUT2D eigenvalue weighted by molar-refractivity contribution is 6.12. The van der Waals surface area contributed by atoms with Crippen LogP contribution in [0.25, 0.3) is 6.08 Å². The largest absolute Gasteiger partial charge is 0.477 e. The maximum Gasteiger partial charge on any atom is 0.343 e. The van der Waals surface area contributed by atoms with E-state index >= 15 is 0 Å². The number of hydrogen-bond acceptors (Lipinski definition) is 4. The van der Waals surface area contributed by atoms with Crippen molar-refractivity contribution in [2.45, 2.75) is 0 Å². The van der Waals surface area contributed by atoms with Gasteiger partial charge in [0.2, 0.25) is 0 Å². The van der Waals surface area contributed by atoms with Crippen LogP contribution in [0.15, 0.2) is 42.0 Å². The number of nitro groups is 1. The highest BCUT2D eigenvalue weighted by Gasteiger charge is 2.14. The minimum absolute atomic E-state index is 0.153. The van der Waals surface area contributed by atoms with Crippen LogP contribution in [0.5, 0.6) is 0 Å². The molecule has 1 aromatic carbocycles. The lowest BCUT2D eigenvalue weighted by Gasteiger charge is -1.96. The lowest BCUT2D eigenvalue weighted by atomic mass is 10.1. The Balaban J connectivity index is 3.06. The standard InChI is InChI=1S/C12H9NO6/c14-11(15)9(12(16)17)6-3-5-8-4-1-2-7-10(8)13(18)19/h1-7H,(H,14,15)(H,16,17). The van der Waals surface area contributed by atoms with Gasteiger partial charge in [-0.2, -0.15) is 0 Å². The molecule has 2 N–H and O–H groups in total. The van der Waals surface area contributed by atoms with Crippen molar-refractivity contribution in [3.05, 3.63) is 57.7 Å². The first-order chi connectivity index (χ1) is 8.93. The fraction of sp³-hybridized carbons (Fsp3) is 0. The van der Waals surface area contributed by atoms with E-state index in [1.54, 1.807) is 6.07 Å². The van der Waals surface area contributed by atoms with Gasteiger partial charge < -0.3 is 10.2 Å². The van der Waals surface area contributed by atoms with Gasteiger partial charge in [0.15, 0.2) is 0 Å². The number of allylic oxidation sites excluding steroid dienone is 2. The Morgan fingerprint density at radius 2 is 1.74 bits per heavy atom. The monoisotopic (exact) mass is 263 g/mol. The molecule has 0 aliphatic carbocycles. The van der Waals surface area contributed by atoms with Gasteiger partial charge in [-0.25, -0.2) is 9.59 Å². The number of benzene rings is 1. The fourth-order valence-electron chi connectivity index (χ4n) is 1.28. The molecule has 1 rings (SSSR count). The van der Waals surface area contributed by atoms with Gasteiger partial charge in [0.1, 0.15) is 5.57 Å². The summed E-state index contributed by atoms with van der Waals surface area (Å²) in [4.78, 5) is 31.3. The zero-order valence-electron chi connectivity index (χ0n) is 9.52. The summed E-state index contributed by atoms with van der Waals surface area (Å²) in [6.45, 7) is 0. The average molecular weight is 263 g/mol. The zero-order valence-corrected chi connectivity index (χ0v) is 9.52. The quantitative estimate of drug-likeness (QED) is 0.208. The molecule has 0 aliphatic rings. The van der Waals surface area contributed by atoms with Crippen molar-refractivity contribution in [3.63, 3.8) is 0 Å². The minimum Gasteiger partial charge on any atom is -0.477 e. The molecule has 7 heteroatoms. The molecule has 0 heterocycles. The van der Waals surface area contributed by atoms with Gasteiger partial charge in [0.25, 0.3) is 5.69 Å². The molecule has 0 atom stereocenters. The Kier molecular flexibility index (Phi) is 4.53. The van der Waals surface area contributed by atoms with Crippen molar-refractivity contribution >= 4 is 23.7 Å². The molecule has 0 radical (unpaired) electrons. The Bertz CT molecular complexity index is 572. The van der Waals surface area contributed by atoms with Crippen molar-refractivity contribution in [1.82, 2.24) is 0 Å². The van der Waals surface area contributed by atoms with Gasteiger partial charge >= 0.3 is 11.9 Å². The molecule has 0 aromatic heterocycles. The SMILES string of the molecule is O=C(O)C(=CC=Cc1ccccc1[N+](=O)[O-])C(=O)O. The normalized spacial score (nSPS) is 10.1. The topological polar surface area (TPSA) is 118 Å². The van der Waals surface area contributed by atoms with Crippen LogP contribution >= 0.6 is 0 Å². The van der Waals surface area contributed by atoms with Crippen molar-refractivity contribution in [3.8, 4) is 0 Å². The number of carbonyl (C=O) groups is 2. The molecule has 0 saturated carbocycles. The molecule has 7 nitrogen and oxygen atoms in total. The second kappa shape index (κ2) is 6.10. The first-order valence-electron chi connectivity index (χ1n) is 5.02. The van der Waals surface area contributed by atoms with Gasteiger partial charge in [-0.15, -0.1) is 0 Å². The number of nitro benzene ring substituents is 1. The van der Waals surface area contributed by atoms with Crippen LogP contribution in [0.4, 0.5) is 5.69 Å². The second-order valence-electron chi connectivity index (χ2n) is 3.37. The van der Waals surface area contributed by atoms with E-state index in [1.165, 1.54) is 24.3 Å². The molecule has 0 saturated heterocycles. The van der Waals surface area contributed by atoms with E-state index in [2.05, 4.69) is 0 Å². The summed E-state index contributed by atoms with van der Waals surface area (Å²) < 4.78 is 0. The van der Waals surface area contributed by atoms with Crippen molar-refractivity contribution in [2.24, 2.45) is 0 Å². The average Bonchev–Trinajstić information content (AvgIpc) is 2.33. The van der Waals surface area contributed by atoms with Gasteiger partial charge in [-0.05, 0) is 18.2 Å². The Labute approximate surface area is 107 Å². The highest BCUT2D eigenvalue weighted by Crippen LogP contribution is 2.19. The molecule has 0 bridgehead atoms. The number of nitrogens with zero attached hydrogens (tertiary/aromatic N) is 1. The van der Waals surface area contributed by atoms with Crippen LogP contribution < -0.4 is 0 Å². The summed E-state index contributed by atoms with van der Waals surface area (Å²) in [6.07, 6.45) is 3.27. The third kappa shape index (κ3) is 3.77. The number of rotatable bonds is 5. The molecule has 0 amide bonds. The molecule has 1 aromatic rings. The Hall–Kier alpha value is -2.96. The summed E-state index contributed by atoms with van der Waals surface area (Å²) in [5.41, 5.74) is -0.729. The maximum absolute atomic E-state index is 10.7. The molecular weight excluding hydrogens is 254 g/mol. The van der Waals surface area contributed by atoms with E-state index in [1.807, 2.05) is 0 Å². The highest BCUT2D eigenvalue weighted by atomic mass is 16.6. The van der Waals surface area contributed by atoms with E-state index in [0.717, 1.165) is 12.2 Å². The lowest BCUT2D eigenvalue weighted by molar-refractivity contribution is -0.385. The first-order valence-corrected chi connectivity index (χ1v) is 5.02. The minimum atomic E-state index is -1.58. The van der Waals surface area contributed by atoms with Crippen molar-refractivity contribution < 1.29 is 24.7 Å². The van der Waals surface area contributed by atoms with E-state index < -0.39 is 22.4 Å². The van der Waals surface area contributed by atoms with Gasteiger partial charge in [0, 0.05) is 6.07 Å². The lowest BCUT2D eigenvalue weighted by Crippen LogP contribution is -2.10. The predicted octanol–water partition coefficient (Wildman–Crippen LogP) is 1.70. The summed E-state index contributed by atoms with van der Waals surface area (Å²) in [6, 6.07) is 5.82. The summed E-state index contributed by atoms with van der Waals surface area (Å²) >= 11 is 0. The van der Waals surface area contributed by atoms with Gasteiger partial charge in [-0.3, -0.25) is 10.1 Å². The van der Waals surface area contributed by atoms with E-state index in [-0.39, 0.29) is 11.3 Å². The molecular formula is C12H9NO6. The zero-order chi connectivity index (χ0) is 14.4. The summed E-state index contributed by atoms with van der Waals surface area (Å²) in [7, 11) is 0. The second-order valence-corrected chi connectivity index (χ2v) is 3.37. The predicted molar refractivity (Wildman–Crippen MR) is 65.5 cm³/mol. The fourth-order valence-corrected chi connectivity index (χ4v) is 1.28. The number of hydrogen-bond donors (Lipinski definition) is 2. The molecule has 0 fully saturated rings. The van der Waals surface area contributed by atoms with Crippen LogP contribution in [0.1, 0.15) is 5.56 Å². The van der Waals surface area contributed by atoms with Gasteiger partial charge in [0.05, 0.1) is 10.5 Å². The van der Waals surface area contributed by atoms with Crippen LogP contribution in [0.3, 0.4) is 0 Å². The Morgan fingerprint density at radius 1 is 1.16 bits per heavy atom. The number of aliphatic carboxylic acids is 2. The number of carboxylic acid groups (broad SMARTS) is 2. The van der Waals surface area contributed by atoms with E-state index in [0.29, 0.717) is 0 Å². The maximum atomic E-state index is 10.7. The number of para-hydroxylation sites is 1. The first kappa shape index (κ1) is 14.1. The number of carboxylic acids is 2. The summed E-state index contributed by atoms with van der Waals surface area (Å²) in [5, 5.41) is 27.9. The molecule has 0 aliphatic heterocycles. The van der Waals surface area contributed by atoms with Gasteiger partial charge in [-0.1, -0.05) is 18.2 Å². The van der Waals surface area contributed by atoms with E-state index in [9.17, 15) is 19.7 Å². The van der Waals surface area contributed by atoms with Crippen LogP contribution in [0, 0.1) is 10.1 Å². The van der Waals surface area contributed by atoms with Crippen LogP contribution in [-0.2, 0) is 9.59 Å². The third-order valence-electron chi connectivity index (χ3n) is 2.13. The van der Waals surface area contributed by atoms with Crippen molar-refractivity contribution in [2.75, 3.05) is 0 Å².